The maximum absolute atomic E-state index is 5.61. The Morgan fingerprint density at radius 2 is 2.20 bits per heavy atom. The molecule has 0 amide bonds. The van der Waals surface area contributed by atoms with Crippen molar-refractivity contribution in [3.8, 4) is 0 Å². The summed E-state index contributed by atoms with van der Waals surface area (Å²) in [5, 5.41) is 3.40. The second-order valence-electron chi connectivity index (χ2n) is 4.83. The number of hydrogen-bond acceptors (Lipinski definition) is 3. The van der Waals surface area contributed by atoms with Crippen molar-refractivity contribution < 1.29 is 4.74 Å². The lowest BCUT2D eigenvalue weighted by Crippen LogP contribution is -2.54. The summed E-state index contributed by atoms with van der Waals surface area (Å²) in [6, 6.07) is 1.52. The molecular weight excluding hydrogens is 188 g/mol. The minimum absolute atomic E-state index is 0.551. The fourth-order valence-electron chi connectivity index (χ4n) is 2.78. The molecule has 2 fully saturated rings. The maximum Gasteiger partial charge on any atom is 0.0604 e. The Bertz CT molecular complexity index is 192. The number of piperidine rings is 1. The van der Waals surface area contributed by atoms with Crippen LogP contribution in [-0.4, -0.2) is 49.8 Å². The lowest BCUT2D eigenvalue weighted by molar-refractivity contribution is -0.0528. The van der Waals surface area contributed by atoms with Gasteiger partial charge in [-0.3, -0.25) is 4.90 Å². The number of ether oxygens (including phenoxy) is 1. The van der Waals surface area contributed by atoms with Crippen LogP contribution < -0.4 is 5.32 Å². The third-order valence-corrected chi connectivity index (χ3v) is 3.85. The molecule has 0 bridgehead atoms. The summed E-state index contributed by atoms with van der Waals surface area (Å²) in [6.07, 6.45) is 5.75. The second-order valence-corrected chi connectivity index (χ2v) is 4.83. The summed E-state index contributed by atoms with van der Waals surface area (Å²) in [5.74, 6) is 0. The first-order valence-corrected chi connectivity index (χ1v) is 6.36. The molecular formula is C12H24N2O. The highest BCUT2D eigenvalue weighted by Gasteiger charge is 2.35. The Morgan fingerprint density at radius 3 is 2.87 bits per heavy atom. The monoisotopic (exact) mass is 212 g/mol. The van der Waals surface area contributed by atoms with Crippen molar-refractivity contribution in [2.75, 3.05) is 26.7 Å². The smallest absolute Gasteiger partial charge is 0.0604 e. The van der Waals surface area contributed by atoms with Gasteiger partial charge in [0.2, 0.25) is 0 Å². The van der Waals surface area contributed by atoms with Gasteiger partial charge < -0.3 is 10.1 Å². The van der Waals surface area contributed by atoms with Crippen LogP contribution in [0.3, 0.4) is 0 Å². The summed E-state index contributed by atoms with van der Waals surface area (Å²) in [4.78, 5) is 2.65. The molecule has 2 aliphatic rings. The summed E-state index contributed by atoms with van der Waals surface area (Å²) in [5.41, 5.74) is 0. The molecule has 1 aliphatic heterocycles. The Hall–Kier alpha value is -0.120. The molecule has 1 saturated heterocycles. The summed E-state index contributed by atoms with van der Waals surface area (Å²) >= 11 is 0. The van der Waals surface area contributed by atoms with Gasteiger partial charge in [0, 0.05) is 25.2 Å². The van der Waals surface area contributed by atoms with Crippen molar-refractivity contribution in [1.29, 1.82) is 0 Å². The van der Waals surface area contributed by atoms with Crippen molar-refractivity contribution in [1.82, 2.24) is 10.2 Å². The number of rotatable bonds is 4. The summed E-state index contributed by atoms with van der Waals surface area (Å²) in [7, 11) is 2.08. The molecule has 1 N–H and O–H groups in total. The standard InChI is InChI=1S/C12H24N2O/c1-3-15-12-7-11(8-12)14-6-4-5-10(9-14)13-2/h10-13H,3-9H2,1-2H3. The van der Waals surface area contributed by atoms with Crippen LogP contribution >= 0.6 is 0 Å². The van der Waals surface area contributed by atoms with E-state index in [0.717, 1.165) is 12.6 Å². The van der Waals surface area contributed by atoms with Gasteiger partial charge in [-0.25, -0.2) is 0 Å². The van der Waals surface area contributed by atoms with Crippen LogP contribution in [0.2, 0.25) is 0 Å². The average molecular weight is 212 g/mol. The lowest BCUT2D eigenvalue weighted by Gasteiger charge is -2.45. The quantitative estimate of drug-likeness (QED) is 0.759. The third-order valence-electron chi connectivity index (χ3n) is 3.85. The van der Waals surface area contributed by atoms with E-state index in [1.807, 2.05) is 0 Å². The van der Waals surface area contributed by atoms with Crippen molar-refractivity contribution in [3.63, 3.8) is 0 Å². The molecule has 1 heterocycles. The highest BCUT2D eigenvalue weighted by molar-refractivity contribution is 4.91. The Labute approximate surface area is 93.2 Å². The zero-order valence-electron chi connectivity index (χ0n) is 10.0. The largest absolute Gasteiger partial charge is 0.378 e. The normalized spacial score (nSPS) is 37.6. The Balaban J connectivity index is 1.71. The van der Waals surface area contributed by atoms with E-state index in [0.29, 0.717) is 12.1 Å². The SMILES string of the molecule is CCOC1CC(N2CCCC(NC)C2)C1. The molecule has 15 heavy (non-hydrogen) atoms. The van der Waals surface area contributed by atoms with E-state index >= 15 is 0 Å². The first kappa shape index (κ1) is 11.4. The number of hydrogen-bond donors (Lipinski definition) is 1. The molecule has 3 nitrogen and oxygen atoms in total. The zero-order chi connectivity index (χ0) is 10.7. The van der Waals surface area contributed by atoms with Gasteiger partial charge in [0.25, 0.3) is 0 Å². The van der Waals surface area contributed by atoms with Crippen LogP contribution in [0.1, 0.15) is 32.6 Å². The van der Waals surface area contributed by atoms with E-state index < -0.39 is 0 Å². The van der Waals surface area contributed by atoms with Gasteiger partial charge in [-0.1, -0.05) is 0 Å². The molecule has 88 valence electrons. The van der Waals surface area contributed by atoms with Gasteiger partial charge in [0.05, 0.1) is 6.10 Å². The maximum atomic E-state index is 5.61. The van der Waals surface area contributed by atoms with Crippen molar-refractivity contribution in [2.45, 2.75) is 50.8 Å². The number of likely N-dealkylation sites (tertiary alicyclic amines) is 1. The summed E-state index contributed by atoms with van der Waals surface area (Å²) < 4.78 is 5.61. The van der Waals surface area contributed by atoms with Crippen molar-refractivity contribution in [2.24, 2.45) is 0 Å². The molecule has 0 aromatic rings. The number of likely N-dealkylation sites (N-methyl/N-ethyl adjacent to an activating group) is 1. The highest BCUT2D eigenvalue weighted by Crippen LogP contribution is 2.30. The second kappa shape index (κ2) is 5.28. The first-order valence-electron chi connectivity index (χ1n) is 6.36. The van der Waals surface area contributed by atoms with Crippen LogP contribution in [0.15, 0.2) is 0 Å². The predicted octanol–water partition coefficient (Wildman–Crippen LogP) is 1.24. The zero-order valence-corrected chi connectivity index (χ0v) is 10.0. The van der Waals surface area contributed by atoms with Gasteiger partial charge in [0.15, 0.2) is 0 Å². The molecule has 1 aliphatic carbocycles. The summed E-state index contributed by atoms with van der Waals surface area (Å²) in [6.45, 7) is 5.49. The topological polar surface area (TPSA) is 24.5 Å². The minimum atomic E-state index is 0.551. The van der Waals surface area contributed by atoms with Crippen LogP contribution in [-0.2, 0) is 4.74 Å². The predicted molar refractivity (Wildman–Crippen MR) is 62.1 cm³/mol. The first-order chi connectivity index (χ1) is 7.33. The van der Waals surface area contributed by atoms with Crippen LogP contribution in [0.25, 0.3) is 0 Å². The van der Waals surface area contributed by atoms with E-state index in [-0.39, 0.29) is 0 Å². The average Bonchev–Trinajstić information content (AvgIpc) is 2.23. The van der Waals surface area contributed by atoms with Crippen LogP contribution in [0.5, 0.6) is 0 Å². The Kier molecular flexibility index (Phi) is 4.00. The molecule has 0 aromatic carbocycles. The van der Waals surface area contributed by atoms with Gasteiger partial charge in [-0.15, -0.1) is 0 Å². The van der Waals surface area contributed by atoms with E-state index in [9.17, 15) is 0 Å². The minimum Gasteiger partial charge on any atom is -0.378 e. The molecule has 1 saturated carbocycles. The molecule has 1 atom stereocenters. The van der Waals surface area contributed by atoms with Gasteiger partial charge in [-0.2, -0.15) is 0 Å². The van der Waals surface area contributed by atoms with Gasteiger partial charge >= 0.3 is 0 Å². The highest BCUT2D eigenvalue weighted by atomic mass is 16.5. The van der Waals surface area contributed by atoms with Gasteiger partial charge in [-0.05, 0) is 46.2 Å². The van der Waals surface area contributed by atoms with E-state index in [1.54, 1.807) is 0 Å². The van der Waals surface area contributed by atoms with E-state index in [4.69, 9.17) is 4.74 Å². The van der Waals surface area contributed by atoms with Crippen LogP contribution in [0, 0.1) is 0 Å². The van der Waals surface area contributed by atoms with Crippen molar-refractivity contribution >= 4 is 0 Å². The van der Waals surface area contributed by atoms with E-state index in [2.05, 4.69) is 24.2 Å². The molecule has 0 spiro atoms. The molecule has 0 aromatic heterocycles. The molecule has 0 radical (unpaired) electrons. The Morgan fingerprint density at radius 1 is 1.40 bits per heavy atom. The fourth-order valence-corrected chi connectivity index (χ4v) is 2.78. The lowest BCUT2D eigenvalue weighted by atomic mass is 9.86. The number of nitrogens with one attached hydrogen (secondary N) is 1. The number of nitrogens with zero attached hydrogens (tertiary/aromatic N) is 1. The third kappa shape index (κ3) is 2.71. The fraction of sp³-hybridized carbons (Fsp3) is 1.00. The molecule has 3 heteroatoms. The van der Waals surface area contributed by atoms with Crippen molar-refractivity contribution in [3.05, 3.63) is 0 Å². The molecule has 2 rings (SSSR count). The van der Waals surface area contributed by atoms with Crippen LogP contribution in [0.4, 0.5) is 0 Å². The van der Waals surface area contributed by atoms with E-state index in [1.165, 1.54) is 38.8 Å². The van der Waals surface area contributed by atoms with Gasteiger partial charge in [0.1, 0.15) is 0 Å². The molecule has 1 unspecified atom stereocenters.